The first-order valence-corrected chi connectivity index (χ1v) is 10.4. The molecule has 0 aromatic heterocycles. The van der Waals surface area contributed by atoms with Crippen molar-refractivity contribution in [3.05, 3.63) is 48.0 Å². The predicted octanol–water partition coefficient (Wildman–Crippen LogP) is 2.39. The molecule has 6 nitrogen and oxygen atoms in total. The van der Waals surface area contributed by atoms with E-state index in [4.69, 9.17) is 0 Å². The summed E-state index contributed by atoms with van der Waals surface area (Å²) in [5.74, 6) is 0.619. The minimum atomic E-state index is -3.28. The van der Waals surface area contributed by atoms with Gasteiger partial charge in [-0.1, -0.05) is 42.5 Å². The van der Waals surface area contributed by atoms with Crippen molar-refractivity contribution in [3.8, 4) is 0 Å². The first-order chi connectivity index (χ1) is 12.1. The molecule has 0 bridgehead atoms. The van der Waals surface area contributed by atoms with Crippen LogP contribution in [0.3, 0.4) is 0 Å². The molecule has 0 heterocycles. The molecular formula is C19H28N4O2S. The molecular weight excluding hydrogens is 348 g/mol. The molecule has 2 rings (SSSR count). The summed E-state index contributed by atoms with van der Waals surface area (Å²) < 4.78 is 25.5. The largest absolute Gasteiger partial charge is 0.355 e. The van der Waals surface area contributed by atoms with Crippen LogP contribution in [0.2, 0.25) is 0 Å². The molecule has 1 atom stereocenters. The van der Waals surface area contributed by atoms with Crippen LogP contribution in [0.4, 0.5) is 0 Å². The lowest BCUT2D eigenvalue weighted by Crippen LogP contribution is -2.53. The van der Waals surface area contributed by atoms with E-state index in [9.17, 15) is 8.42 Å². The monoisotopic (exact) mass is 376 g/mol. The Kier molecular flexibility index (Phi) is 6.26. The zero-order valence-electron chi connectivity index (χ0n) is 16.0. The Morgan fingerprint density at radius 3 is 2.46 bits per heavy atom. The van der Waals surface area contributed by atoms with Gasteiger partial charge >= 0.3 is 0 Å². The number of aliphatic imine (C=N–C) groups is 1. The number of fused-ring (bicyclic) bond motifs is 1. The van der Waals surface area contributed by atoms with Gasteiger partial charge in [0.05, 0.1) is 12.3 Å². The summed E-state index contributed by atoms with van der Waals surface area (Å²) in [6, 6.07) is 14.5. The van der Waals surface area contributed by atoms with Crippen molar-refractivity contribution in [2.45, 2.75) is 32.4 Å². The van der Waals surface area contributed by atoms with Gasteiger partial charge < -0.3 is 10.6 Å². The number of nitrogens with one attached hydrogen (secondary N) is 3. The standard InChI is InChI=1S/C19H28N4O2S/c1-14(16-12-8-10-15-9-6-7-11-17(15)16)22-18(20-4)21-13-19(2,3)23-26(5,24)25/h6-12,14,23H,13H2,1-5H3,(H2,20,21,22). The third-order valence-electron chi connectivity index (χ3n) is 4.03. The van der Waals surface area contributed by atoms with E-state index in [0.717, 1.165) is 6.26 Å². The van der Waals surface area contributed by atoms with Gasteiger partial charge in [-0.25, -0.2) is 13.1 Å². The van der Waals surface area contributed by atoms with Gasteiger partial charge in [-0.3, -0.25) is 4.99 Å². The molecule has 2 aromatic carbocycles. The quantitative estimate of drug-likeness (QED) is 0.534. The molecule has 2 aromatic rings. The molecule has 0 aliphatic carbocycles. The Bertz CT molecular complexity index is 886. The summed E-state index contributed by atoms with van der Waals surface area (Å²) in [5.41, 5.74) is 0.549. The van der Waals surface area contributed by atoms with Crippen LogP contribution in [0, 0.1) is 0 Å². The van der Waals surface area contributed by atoms with Crippen molar-refractivity contribution in [1.82, 2.24) is 15.4 Å². The molecule has 0 aliphatic heterocycles. The third kappa shape index (κ3) is 5.71. The smallest absolute Gasteiger partial charge is 0.209 e. The van der Waals surface area contributed by atoms with Gasteiger partial charge in [-0.15, -0.1) is 0 Å². The molecule has 0 aliphatic rings. The van der Waals surface area contributed by atoms with Crippen molar-refractivity contribution in [2.75, 3.05) is 19.8 Å². The van der Waals surface area contributed by atoms with E-state index in [-0.39, 0.29) is 6.04 Å². The first kappa shape index (κ1) is 20.2. The lowest BCUT2D eigenvalue weighted by atomic mass is 10.00. The summed E-state index contributed by atoms with van der Waals surface area (Å²) in [7, 11) is -1.58. The van der Waals surface area contributed by atoms with Gasteiger partial charge in [0.15, 0.2) is 5.96 Å². The van der Waals surface area contributed by atoms with Crippen LogP contribution in [-0.4, -0.2) is 39.8 Å². The van der Waals surface area contributed by atoms with Crippen LogP contribution in [-0.2, 0) is 10.0 Å². The van der Waals surface area contributed by atoms with Crippen LogP contribution in [0.5, 0.6) is 0 Å². The summed E-state index contributed by atoms with van der Waals surface area (Å²) in [4.78, 5) is 4.25. The van der Waals surface area contributed by atoms with E-state index in [2.05, 4.69) is 51.5 Å². The van der Waals surface area contributed by atoms with E-state index in [1.807, 2.05) is 32.0 Å². The van der Waals surface area contributed by atoms with Gasteiger partial charge in [0.25, 0.3) is 0 Å². The maximum Gasteiger partial charge on any atom is 0.209 e. The molecule has 142 valence electrons. The molecule has 0 amide bonds. The molecule has 7 heteroatoms. The van der Waals surface area contributed by atoms with Crippen molar-refractivity contribution in [3.63, 3.8) is 0 Å². The highest BCUT2D eigenvalue weighted by atomic mass is 32.2. The van der Waals surface area contributed by atoms with Crippen molar-refractivity contribution in [1.29, 1.82) is 0 Å². The van der Waals surface area contributed by atoms with Crippen molar-refractivity contribution >= 4 is 26.8 Å². The number of sulfonamides is 1. The SMILES string of the molecule is CN=C(NCC(C)(C)NS(C)(=O)=O)NC(C)c1cccc2ccccc12. The molecule has 26 heavy (non-hydrogen) atoms. The van der Waals surface area contributed by atoms with Gasteiger partial charge in [-0.2, -0.15) is 0 Å². The lowest BCUT2D eigenvalue weighted by Gasteiger charge is -2.27. The molecule has 3 N–H and O–H groups in total. The predicted molar refractivity (Wildman–Crippen MR) is 109 cm³/mol. The van der Waals surface area contributed by atoms with Gasteiger partial charge in [0, 0.05) is 19.1 Å². The van der Waals surface area contributed by atoms with E-state index in [1.165, 1.54) is 16.3 Å². The number of nitrogens with zero attached hydrogens (tertiary/aromatic N) is 1. The highest BCUT2D eigenvalue weighted by molar-refractivity contribution is 7.88. The second kappa shape index (κ2) is 8.05. The normalized spacial score (nSPS) is 14.3. The topological polar surface area (TPSA) is 82.6 Å². The Labute approximate surface area is 156 Å². The molecule has 0 saturated heterocycles. The summed E-state index contributed by atoms with van der Waals surface area (Å²) in [6.07, 6.45) is 1.16. The van der Waals surface area contributed by atoms with E-state index >= 15 is 0 Å². The average molecular weight is 377 g/mol. The molecule has 0 saturated carbocycles. The molecule has 0 radical (unpaired) electrons. The van der Waals surface area contributed by atoms with Gasteiger partial charge in [0.2, 0.25) is 10.0 Å². The summed E-state index contributed by atoms with van der Waals surface area (Å²) >= 11 is 0. The number of hydrogen-bond donors (Lipinski definition) is 3. The molecule has 1 unspecified atom stereocenters. The fraction of sp³-hybridized carbons (Fsp3) is 0.421. The Morgan fingerprint density at radius 2 is 1.81 bits per heavy atom. The summed E-state index contributed by atoms with van der Waals surface area (Å²) in [5, 5.41) is 8.96. The molecule has 0 spiro atoms. The first-order valence-electron chi connectivity index (χ1n) is 8.55. The van der Waals surface area contributed by atoms with E-state index in [1.54, 1.807) is 7.05 Å². The number of rotatable bonds is 6. The van der Waals surface area contributed by atoms with Crippen LogP contribution in [0.1, 0.15) is 32.4 Å². The Morgan fingerprint density at radius 1 is 1.15 bits per heavy atom. The van der Waals surface area contributed by atoms with Crippen molar-refractivity contribution in [2.24, 2.45) is 4.99 Å². The van der Waals surface area contributed by atoms with E-state index in [0.29, 0.717) is 12.5 Å². The van der Waals surface area contributed by atoms with Crippen LogP contribution in [0.25, 0.3) is 10.8 Å². The summed E-state index contributed by atoms with van der Waals surface area (Å²) in [6.45, 7) is 6.13. The van der Waals surface area contributed by atoms with Crippen LogP contribution < -0.4 is 15.4 Å². The van der Waals surface area contributed by atoms with Gasteiger partial charge in [0.1, 0.15) is 0 Å². The Balaban J connectivity index is 2.08. The van der Waals surface area contributed by atoms with Crippen molar-refractivity contribution < 1.29 is 8.42 Å². The second-order valence-corrected chi connectivity index (χ2v) is 8.87. The highest BCUT2D eigenvalue weighted by Crippen LogP contribution is 2.23. The number of hydrogen-bond acceptors (Lipinski definition) is 3. The van der Waals surface area contributed by atoms with E-state index < -0.39 is 15.6 Å². The van der Waals surface area contributed by atoms with Crippen LogP contribution >= 0.6 is 0 Å². The second-order valence-electron chi connectivity index (χ2n) is 7.12. The van der Waals surface area contributed by atoms with Crippen LogP contribution in [0.15, 0.2) is 47.5 Å². The third-order valence-corrected chi connectivity index (χ3v) is 4.95. The fourth-order valence-corrected chi connectivity index (χ4v) is 4.02. The van der Waals surface area contributed by atoms with Gasteiger partial charge in [-0.05, 0) is 37.1 Å². The lowest BCUT2D eigenvalue weighted by molar-refractivity contribution is 0.445. The fourth-order valence-electron chi connectivity index (χ4n) is 2.95. The molecule has 0 fully saturated rings. The number of benzene rings is 2. The zero-order chi connectivity index (χ0) is 19.4. The minimum Gasteiger partial charge on any atom is -0.355 e. The minimum absolute atomic E-state index is 0.0401. The maximum atomic E-state index is 11.5. The maximum absolute atomic E-state index is 11.5. The average Bonchev–Trinajstić information content (AvgIpc) is 2.55. The highest BCUT2D eigenvalue weighted by Gasteiger charge is 2.22. The number of guanidine groups is 1. The zero-order valence-corrected chi connectivity index (χ0v) is 16.8. The Hall–Kier alpha value is -2.12.